The molecule has 4 rings (SSSR count). The third-order valence-corrected chi connectivity index (χ3v) is 8.80. The molecule has 214 valence electrons. The molecule has 1 amide bonds. The molecule has 2 N–H and O–H groups in total. The Morgan fingerprint density at radius 3 is 2.05 bits per heavy atom. The Morgan fingerprint density at radius 1 is 0.923 bits per heavy atom. The normalized spacial score (nSPS) is 17.9. The van der Waals surface area contributed by atoms with Crippen LogP contribution >= 0.6 is 11.8 Å². The number of alkyl halides is 3. The second kappa shape index (κ2) is 12.4. The number of carbonyl (C=O) groups excluding carboxylic acids is 1. The zero-order valence-electron chi connectivity index (χ0n) is 23.2. The standard InChI is InChI=1S/C30H41F3N4OS/c1-29(2,3)23-5-7-24(8-6-23)35-18-14-22(15-19-35)4-13-28(38)36-20-16-26(17-21-36)37(34)25-9-11-27(12-10-25)39-30(31,32)33/h5-12,22,26H,4,13-21,34H2,1-3H3. The number of piperidine rings is 2. The summed E-state index contributed by atoms with van der Waals surface area (Å²) in [5.41, 5.74) is -0.835. The fourth-order valence-electron chi connectivity index (χ4n) is 5.56. The summed E-state index contributed by atoms with van der Waals surface area (Å²) in [6.07, 6.45) is 5.22. The van der Waals surface area contributed by atoms with Gasteiger partial charge in [0, 0.05) is 49.2 Å². The summed E-state index contributed by atoms with van der Waals surface area (Å²) in [5.74, 6) is 7.09. The van der Waals surface area contributed by atoms with E-state index in [0.717, 1.165) is 45.2 Å². The molecule has 2 aliphatic heterocycles. The van der Waals surface area contributed by atoms with Crippen LogP contribution in [0.15, 0.2) is 53.4 Å². The molecule has 2 aromatic rings. The second-order valence-corrected chi connectivity index (χ2v) is 13.0. The van der Waals surface area contributed by atoms with Gasteiger partial charge in [-0.15, -0.1) is 0 Å². The molecule has 0 spiro atoms. The first-order valence-corrected chi connectivity index (χ1v) is 14.7. The number of nitrogens with zero attached hydrogens (tertiary/aromatic N) is 3. The number of hydrogen-bond donors (Lipinski definition) is 1. The minimum absolute atomic E-state index is 0.0527. The molecule has 0 aromatic heterocycles. The van der Waals surface area contributed by atoms with Gasteiger partial charge in [-0.25, -0.2) is 5.84 Å². The maximum Gasteiger partial charge on any atom is 0.446 e. The Bertz CT molecular complexity index is 1070. The van der Waals surface area contributed by atoms with E-state index in [2.05, 4.69) is 49.9 Å². The highest BCUT2D eigenvalue weighted by Gasteiger charge is 2.30. The van der Waals surface area contributed by atoms with Crippen molar-refractivity contribution in [1.29, 1.82) is 0 Å². The average Bonchev–Trinajstić information content (AvgIpc) is 2.91. The van der Waals surface area contributed by atoms with Gasteiger partial charge in [-0.3, -0.25) is 4.79 Å². The third kappa shape index (κ3) is 8.30. The molecule has 2 saturated heterocycles. The van der Waals surface area contributed by atoms with Crippen LogP contribution in [-0.2, 0) is 10.2 Å². The van der Waals surface area contributed by atoms with E-state index in [1.54, 1.807) is 17.1 Å². The number of hydrogen-bond acceptors (Lipinski definition) is 5. The van der Waals surface area contributed by atoms with Gasteiger partial charge in [0.1, 0.15) is 0 Å². The van der Waals surface area contributed by atoms with Crippen molar-refractivity contribution < 1.29 is 18.0 Å². The van der Waals surface area contributed by atoms with Gasteiger partial charge in [-0.1, -0.05) is 32.9 Å². The lowest BCUT2D eigenvalue weighted by atomic mass is 9.87. The van der Waals surface area contributed by atoms with E-state index in [1.807, 2.05) is 4.90 Å². The highest BCUT2D eigenvalue weighted by atomic mass is 32.2. The van der Waals surface area contributed by atoms with E-state index in [1.165, 1.54) is 23.4 Å². The number of benzene rings is 2. The monoisotopic (exact) mass is 562 g/mol. The first kappa shape index (κ1) is 29.6. The molecule has 9 heteroatoms. The largest absolute Gasteiger partial charge is 0.446 e. The molecule has 2 aliphatic rings. The summed E-state index contributed by atoms with van der Waals surface area (Å²) in [4.78, 5) is 17.5. The number of thioether (sulfide) groups is 1. The van der Waals surface area contributed by atoms with Gasteiger partial charge in [0.25, 0.3) is 0 Å². The Labute approximate surface area is 234 Å². The van der Waals surface area contributed by atoms with Crippen molar-refractivity contribution in [2.75, 3.05) is 36.1 Å². The molecule has 2 heterocycles. The zero-order valence-corrected chi connectivity index (χ0v) is 24.0. The number of hydrazine groups is 1. The van der Waals surface area contributed by atoms with E-state index in [9.17, 15) is 18.0 Å². The molecular formula is C30H41F3N4OS. The molecule has 0 atom stereocenters. The van der Waals surface area contributed by atoms with E-state index >= 15 is 0 Å². The van der Waals surface area contributed by atoms with Gasteiger partial charge in [0.2, 0.25) is 5.91 Å². The summed E-state index contributed by atoms with van der Waals surface area (Å²) in [6.45, 7) is 10.1. The molecule has 0 aliphatic carbocycles. The topological polar surface area (TPSA) is 52.8 Å². The van der Waals surface area contributed by atoms with Crippen LogP contribution in [0.25, 0.3) is 0 Å². The second-order valence-electron chi connectivity index (χ2n) is 11.8. The van der Waals surface area contributed by atoms with Crippen molar-refractivity contribution in [2.45, 2.75) is 81.2 Å². The number of rotatable bonds is 7. The molecule has 2 fully saturated rings. The summed E-state index contributed by atoms with van der Waals surface area (Å²) < 4.78 is 37.7. The molecule has 0 unspecified atom stereocenters. The molecule has 2 aromatic carbocycles. The van der Waals surface area contributed by atoms with Crippen molar-refractivity contribution >= 4 is 29.0 Å². The van der Waals surface area contributed by atoms with E-state index in [4.69, 9.17) is 5.84 Å². The lowest BCUT2D eigenvalue weighted by Crippen LogP contribution is -2.49. The lowest BCUT2D eigenvalue weighted by molar-refractivity contribution is -0.132. The van der Waals surface area contributed by atoms with Crippen molar-refractivity contribution in [2.24, 2.45) is 11.8 Å². The van der Waals surface area contributed by atoms with Crippen molar-refractivity contribution in [1.82, 2.24) is 4.90 Å². The van der Waals surface area contributed by atoms with Crippen LogP contribution in [0.4, 0.5) is 24.5 Å². The highest BCUT2D eigenvalue weighted by molar-refractivity contribution is 8.00. The third-order valence-electron chi connectivity index (χ3n) is 8.06. The van der Waals surface area contributed by atoms with Crippen LogP contribution in [0, 0.1) is 5.92 Å². The van der Waals surface area contributed by atoms with Crippen molar-refractivity contribution in [3.05, 3.63) is 54.1 Å². The summed E-state index contributed by atoms with van der Waals surface area (Å²) in [5, 5.41) is 1.63. The molecule has 5 nitrogen and oxygen atoms in total. The van der Waals surface area contributed by atoms with Gasteiger partial charge >= 0.3 is 5.51 Å². The first-order chi connectivity index (χ1) is 18.4. The van der Waals surface area contributed by atoms with Crippen molar-refractivity contribution in [3.63, 3.8) is 0 Å². The summed E-state index contributed by atoms with van der Waals surface area (Å²) in [7, 11) is 0. The zero-order chi connectivity index (χ0) is 28.2. The molecule has 0 saturated carbocycles. The van der Waals surface area contributed by atoms with Crippen LogP contribution in [0.2, 0.25) is 0 Å². The molecule has 0 radical (unpaired) electrons. The Kier molecular flexibility index (Phi) is 9.42. The number of likely N-dealkylation sites (tertiary alicyclic amines) is 1. The first-order valence-electron chi connectivity index (χ1n) is 13.9. The fraction of sp³-hybridized carbons (Fsp3) is 0.567. The van der Waals surface area contributed by atoms with Crippen LogP contribution in [-0.4, -0.2) is 48.5 Å². The average molecular weight is 563 g/mol. The SMILES string of the molecule is CC(C)(C)c1ccc(N2CCC(CCC(=O)N3CCC(N(N)c4ccc(SC(F)(F)F)cc4)CC3)CC2)cc1. The minimum atomic E-state index is -4.31. The van der Waals surface area contributed by atoms with Crippen LogP contribution in [0.1, 0.15) is 64.9 Å². The number of halogens is 3. The predicted molar refractivity (Wildman–Crippen MR) is 154 cm³/mol. The number of anilines is 2. The Morgan fingerprint density at radius 2 is 1.51 bits per heavy atom. The molecule has 0 bridgehead atoms. The Hall–Kier alpha value is -2.39. The van der Waals surface area contributed by atoms with Crippen LogP contribution in [0.5, 0.6) is 0 Å². The molecule has 39 heavy (non-hydrogen) atoms. The number of nitrogens with two attached hydrogens (primary N) is 1. The molecular weight excluding hydrogens is 521 g/mol. The summed E-state index contributed by atoms with van der Waals surface area (Å²) >= 11 is -0.131. The lowest BCUT2D eigenvalue weighted by Gasteiger charge is -2.38. The fourth-order valence-corrected chi connectivity index (χ4v) is 6.10. The van der Waals surface area contributed by atoms with E-state index < -0.39 is 5.51 Å². The Balaban J connectivity index is 1.17. The van der Waals surface area contributed by atoms with Gasteiger partial charge < -0.3 is 14.8 Å². The quantitative estimate of drug-likeness (QED) is 0.225. The van der Waals surface area contributed by atoms with E-state index in [-0.39, 0.29) is 34.0 Å². The smallest absolute Gasteiger partial charge is 0.372 e. The van der Waals surface area contributed by atoms with Crippen LogP contribution in [0.3, 0.4) is 0 Å². The van der Waals surface area contributed by atoms with Gasteiger partial charge in [0.05, 0.1) is 5.69 Å². The maximum atomic E-state index is 12.9. The van der Waals surface area contributed by atoms with E-state index in [0.29, 0.717) is 31.1 Å². The van der Waals surface area contributed by atoms with Gasteiger partial charge in [-0.05, 0) is 97.2 Å². The van der Waals surface area contributed by atoms with Gasteiger partial charge in [-0.2, -0.15) is 13.2 Å². The highest BCUT2D eigenvalue weighted by Crippen LogP contribution is 2.37. The summed E-state index contributed by atoms with van der Waals surface area (Å²) in [6, 6.07) is 15.1. The number of amides is 1. The minimum Gasteiger partial charge on any atom is -0.372 e. The van der Waals surface area contributed by atoms with Gasteiger partial charge in [0.15, 0.2) is 0 Å². The maximum absolute atomic E-state index is 12.9. The predicted octanol–water partition coefficient (Wildman–Crippen LogP) is 6.96. The van der Waals surface area contributed by atoms with Crippen LogP contribution < -0.4 is 15.8 Å². The number of carbonyl (C=O) groups is 1. The van der Waals surface area contributed by atoms with Crippen molar-refractivity contribution in [3.8, 4) is 0 Å².